The Morgan fingerprint density at radius 2 is 1.75 bits per heavy atom. The monoisotopic (exact) mass is 422 g/mol. The normalized spacial score (nSPS) is 13.6. The van der Waals surface area contributed by atoms with Crippen molar-refractivity contribution in [3.05, 3.63) is 64.2 Å². The summed E-state index contributed by atoms with van der Waals surface area (Å²) >= 11 is 5.92. The molecule has 0 spiro atoms. The van der Waals surface area contributed by atoms with Crippen LogP contribution in [0.3, 0.4) is 0 Å². The maximum Gasteiger partial charge on any atom is 0.244 e. The molecule has 2 rings (SSSR count). The Morgan fingerprint density at radius 1 is 1.14 bits per heavy atom. The van der Waals surface area contributed by atoms with Gasteiger partial charge in [0.05, 0.1) is 18.0 Å². The number of benzene rings is 2. The summed E-state index contributed by atoms with van der Waals surface area (Å²) in [6, 6.07) is 11.4. The second kappa shape index (κ2) is 8.97. The molecule has 152 valence electrons. The van der Waals surface area contributed by atoms with Crippen LogP contribution in [0.15, 0.2) is 42.5 Å². The minimum atomic E-state index is -3.67. The number of amides is 1. The fraction of sp³-hybridized carbons (Fsp3) is 0.381. The number of rotatable bonds is 7. The highest BCUT2D eigenvalue weighted by Gasteiger charge is 2.32. The van der Waals surface area contributed by atoms with Gasteiger partial charge in [-0.15, -0.1) is 0 Å². The van der Waals surface area contributed by atoms with Crippen molar-refractivity contribution in [2.75, 3.05) is 10.6 Å². The number of aryl methyl sites for hydroxylation is 2. The summed E-state index contributed by atoms with van der Waals surface area (Å²) in [7, 11) is -3.67. The molecule has 7 heteroatoms. The predicted octanol–water partition coefficient (Wildman–Crippen LogP) is 4.38. The number of hydrogen-bond donors (Lipinski definition) is 1. The lowest BCUT2D eigenvalue weighted by Gasteiger charge is -2.31. The molecule has 2 aromatic carbocycles. The van der Waals surface area contributed by atoms with E-state index in [0.29, 0.717) is 17.1 Å². The highest BCUT2D eigenvalue weighted by Crippen LogP contribution is 2.25. The van der Waals surface area contributed by atoms with Crippen LogP contribution in [-0.4, -0.2) is 26.6 Å². The van der Waals surface area contributed by atoms with E-state index in [1.54, 1.807) is 31.2 Å². The van der Waals surface area contributed by atoms with Crippen molar-refractivity contribution in [2.45, 2.75) is 46.2 Å². The van der Waals surface area contributed by atoms with Gasteiger partial charge >= 0.3 is 0 Å². The van der Waals surface area contributed by atoms with Crippen molar-refractivity contribution in [1.29, 1.82) is 0 Å². The van der Waals surface area contributed by atoms with Crippen molar-refractivity contribution in [3.8, 4) is 0 Å². The fourth-order valence-electron chi connectivity index (χ4n) is 3.35. The highest BCUT2D eigenvalue weighted by atomic mass is 35.5. The third-order valence-corrected chi connectivity index (χ3v) is 6.09. The quantitative estimate of drug-likeness (QED) is 0.720. The summed E-state index contributed by atoms with van der Waals surface area (Å²) in [6.45, 7) is 7.71. The van der Waals surface area contributed by atoms with Crippen molar-refractivity contribution in [1.82, 2.24) is 5.32 Å². The number of anilines is 1. The predicted molar refractivity (Wildman–Crippen MR) is 115 cm³/mol. The lowest BCUT2D eigenvalue weighted by molar-refractivity contribution is -0.122. The fourth-order valence-corrected chi connectivity index (χ4v) is 4.68. The van der Waals surface area contributed by atoms with Crippen LogP contribution in [0.1, 0.15) is 43.0 Å². The average Bonchev–Trinajstić information content (AvgIpc) is 2.59. The summed E-state index contributed by atoms with van der Waals surface area (Å²) in [6.07, 6.45) is 1.44. The first-order valence-corrected chi connectivity index (χ1v) is 11.4. The van der Waals surface area contributed by atoms with Crippen LogP contribution in [0.4, 0.5) is 5.69 Å². The van der Waals surface area contributed by atoms with Gasteiger partial charge in [0.2, 0.25) is 15.9 Å². The molecule has 2 aromatic rings. The number of halogens is 1. The summed E-state index contributed by atoms with van der Waals surface area (Å²) in [4.78, 5) is 13.0. The maximum atomic E-state index is 13.0. The molecule has 0 aliphatic carbocycles. The third-order valence-electron chi connectivity index (χ3n) is 4.66. The van der Waals surface area contributed by atoms with Crippen molar-refractivity contribution >= 4 is 33.2 Å². The van der Waals surface area contributed by atoms with Gasteiger partial charge in [0, 0.05) is 5.02 Å². The number of sulfonamides is 1. The number of carbonyl (C=O) groups is 1. The van der Waals surface area contributed by atoms with Gasteiger partial charge in [-0.1, -0.05) is 42.3 Å². The topological polar surface area (TPSA) is 66.5 Å². The molecule has 0 fully saturated rings. The molecule has 0 aliphatic rings. The van der Waals surface area contributed by atoms with Gasteiger partial charge in [-0.05, 0) is 62.6 Å². The minimum absolute atomic E-state index is 0.242. The maximum absolute atomic E-state index is 13.0. The molecule has 2 atom stereocenters. The molecule has 0 radical (unpaired) electrons. The molecule has 1 amide bonds. The van der Waals surface area contributed by atoms with E-state index in [0.717, 1.165) is 27.3 Å². The number of hydrogen-bond acceptors (Lipinski definition) is 3. The van der Waals surface area contributed by atoms with Crippen LogP contribution in [0.5, 0.6) is 0 Å². The zero-order valence-corrected chi connectivity index (χ0v) is 18.4. The van der Waals surface area contributed by atoms with Crippen LogP contribution in [0.2, 0.25) is 5.02 Å². The molecule has 0 saturated carbocycles. The van der Waals surface area contributed by atoms with Crippen LogP contribution in [0.25, 0.3) is 0 Å². The summed E-state index contributed by atoms with van der Waals surface area (Å²) < 4.78 is 26.1. The Kier molecular flexibility index (Phi) is 7.12. The van der Waals surface area contributed by atoms with E-state index in [9.17, 15) is 13.2 Å². The molecular weight excluding hydrogens is 396 g/mol. The first kappa shape index (κ1) is 22.2. The number of nitrogens with zero attached hydrogens (tertiary/aromatic N) is 1. The Bertz CT molecular complexity index is 943. The Morgan fingerprint density at radius 3 is 2.25 bits per heavy atom. The van der Waals surface area contributed by atoms with E-state index in [4.69, 9.17) is 11.6 Å². The lowest BCUT2D eigenvalue weighted by atomic mass is 10.00. The van der Waals surface area contributed by atoms with Crippen LogP contribution in [0, 0.1) is 13.8 Å². The van der Waals surface area contributed by atoms with Crippen molar-refractivity contribution < 1.29 is 13.2 Å². The molecule has 0 bridgehead atoms. The molecule has 5 nitrogen and oxygen atoms in total. The second-order valence-corrected chi connectivity index (χ2v) is 9.35. The zero-order valence-electron chi connectivity index (χ0n) is 16.9. The average molecular weight is 423 g/mol. The standard InChI is InChI=1S/C21H27ClN2O3S/c1-6-20(24(28(5,26)27)18-10-8-17(22)9-11-18)21(25)23-16(4)19-12-7-14(2)13-15(19)3/h7-13,16,20H,6H2,1-5H3,(H,23,25)/t16-,20-/m0/s1. The first-order valence-electron chi connectivity index (χ1n) is 9.17. The lowest BCUT2D eigenvalue weighted by Crippen LogP contribution is -2.49. The number of carbonyl (C=O) groups excluding carboxylic acids is 1. The summed E-state index contributed by atoms with van der Waals surface area (Å²) in [5, 5.41) is 3.47. The Hall–Kier alpha value is -2.05. The van der Waals surface area contributed by atoms with Gasteiger partial charge in [-0.25, -0.2) is 8.42 Å². The van der Waals surface area contributed by atoms with Crippen molar-refractivity contribution in [3.63, 3.8) is 0 Å². The van der Waals surface area contributed by atoms with Gasteiger partial charge in [-0.2, -0.15) is 0 Å². The van der Waals surface area contributed by atoms with E-state index in [1.165, 1.54) is 0 Å². The molecular formula is C21H27ClN2O3S. The molecule has 0 unspecified atom stereocenters. The van der Waals surface area contributed by atoms with Crippen molar-refractivity contribution in [2.24, 2.45) is 0 Å². The van der Waals surface area contributed by atoms with Gasteiger partial charge in [0.1, 0.15) is 6.04 Å². The highest BCUT2D eigenvalue weighted by molar-refractivity contribution is 7.92. The SMILES string of the molecule is CC[C@@H](C(=O)N[C@@H](C)c1ccc(C)cc1C)N(c1ccc(Cl)cc1)S(C)(=O)=O. The second-order valence-electron chi connectivity index (χ2n) is 7.05. The molecule has 0 aliphatic heterocycles. The van der Waals surface area contributed by atoms with E-state index in [2.05, 4.69) is 11.4 Å². The third kappa shape index (κ3) is 5.26. The Labute approximate surface area is 172 Å². The Balaban J connectivity index is 2.32. The van der Waals surface area contributed by atoms with Crippen LogP contribution in [-0.2, 0) is 14.8 Å². The minimum Gasteiger partial charge on any atom is -0.348 e. The smallest absolute Gasteiger partial charge is 0.244 e. The van der Waals surface area contributed by atoms with Gasteiger partial charge in [-0.3, -0.25) is 9.10 Å². The van der Waals surface area contributed by atoms with E-state index < -0.39 is 16.1 Å². The molecule has 0 saturated heterocycles. The molecule has 0 heterocycles. The van der Waals surface area contributed by atoms with E-state index >= 15 is 0 Å². The molecule has 28 heavy (non-hydrogen) atoms. The zero-order chi connectivity index (χ0) is 21.1. The van der Waals surface area contributed by atoms with Gasteiger partial charge < -0.3 is 5.32 Å². The van der Waals surface area contributed by atoms with Crippen LogP contribution < -0.4 is 9.62 Å². The largest absolute Gasteiger partial charge is 0.348 e. The number of nitrogens with one attached hydrogen (secondary N) is 1. The van der Waals surface area contributed by atoms with E-state index in [-0.39, 0.29) is 11.9 Å². The molecule has 0 aromatic heterocycles. The van der Waals surface area contributed by atoms with Gasteiger partial charge in [0.15, 0.2) is 0 Å². The first-order chi connectivity index (χ1) is 13.0. The van der Waals surface area contributed by atoms with Crippen LogP contribution >= 0.6 is 11.6 Å². The summed E-state index contributed by atoms with van der Waals surface area (Å²) in [5.41, 5.74) is 3.65. The van der Waals surface area contributed by atoms with Gasteiger partial charge in [0.25, 0.3) is 0 Å². The molecule has 1 N–H and O–H groups in total. The van der Waals surface area contributed by atoms with E-state index in [1.807, 2.05) is 32.9 Å². The summed E-state index contributed by atoms with van der Waals surface area (Å²) in [5.74, 6) is -0.338.